The summed E-state index contributed by atoms with van der Waals surface area (Å²) in [7, 11) is 0. The molecule has 2 heterocycles. The fraction of sp³-hybridized carbons (Fsp3) is 0.267. The fourth-order valence-corrected chi connectivity index (χ4v) is 4.68. The molecule has 1 unspecified atom stereocenters. The smallest absolute Gasteiger partial charge is 0.295 e. The van der Waals surface area contributed by atoms with Crippen molar-refractivity contribution in [1.29, 1.82) is 0 Å². The monoisotopic (exact) mass is 501 g/mol. The second-order valence-electron chi connectivity index (χ2n) is 8.94. The van der Waals surface area contributed by atoms with Crippen LogP contribution in [0.2, 0.25) is 0 Å². The first-order valence-corrected chi connectivity index (χ1v) is 12.6. The Balaban J connectivity index is 1.60. The minimum absolute atomic E-state index is 0.0390. The Labute approximate surface area is 214 Å². The van der Waals surface area contributed by atoms with Crippen LogP contribution in [0.15, 0.2) is 75.9 Å². The van der Waals surface area contributed by atoms with Gasteiger partial charge in [0.2, 0.25) is 5.76 Å². The lowest BCUT2D eigenvalue weighted by atomic mass is 9.98. The summed E-state index contributed by atoms with van der Waals surface area (Å²) >= 11 is 0. The summed E-state index contributed by atoms with van der Waals surface area (Å²) in [5.74, 6) is 0.361. The second kappa shape index (κ2) is 10.5. The van der Waals surface area contributed by atoms with Gasteiger partial charge in [-0.1, -0.05) is 31.9 Å². The van der Waals surface area contributed by atoms with E-state index >= 15 is 0 Å². The lowest BCUT2D eigenvalue weighted by molar-refractivity contribution is 0.0971. The molecule has 0 saturated carbocycles. The van der Waals surface area contributed by atoms with Crippen LogP contribution in [0.5, 0.6) is 11.5 Å². The third-order valence-corrected chi connectivity index (χ3v) is 6.47. The van der Waals surface area contributed by atoms with Gasteiger partial charge in [-0.25, -0.2) is 4.39 Å². The van der Waals surface area contributed by atoms with Crippen molar-refractivity contribution >= 4 is 22.6 Å². The molecule has 3 aromatic carbocycles. The van der Waals surface area contributed by atoms with E-state index in [-0.39, 0.29) is 22.3 Å². The number of carbonyl (C=O) groups is 1. The average molecular weight is 502 g/mol. The zero-order chi connectivity index (χ0) is 25.9. The van der Waals surface area contributed by atoms with Crippen molar-refractivity contribution in [2.75, 3.05) is 18.1 Å². The maximum atomic E-state index is 14.0. The number of halogens is 1. The van der Waals surface area contributed by atoms with Gasteiger partial charge >= 0.3 is 0 Å². The number of amides is 1. The Morgan fingerprint density at radius 3 is 2.30 bits per heavy atom. The number of nitrogens with zero attached hydrogens (tertiary/aromatic N) is 1. The Kier molecular flexibility index (Phi) is 6.95. The van der Waals surface area contributed by atoms with E-state index < -0.39 is 23.2 Å². The number of fused-ring (bicyclic) bond motifs is 2. The van der Waals surface area contributed by atoms with Crippen molar-refractivity contribution in [2.45, 2.75) is 39.2 Å². The molecule has 0 saturated heterocycles. The number of carbonyl (C=O) groups excluding carboxylic acids is 1. The zero-order valence-corrected chi connectivity index (χ0v) is 20.8. The maximum absolute atomic E-state index is 14.0. The quantitative estimate of drug-likeness (QED) is 0.240. The van der Waals surface area contributed by atoms with Gasteiger partial charge in [0.15, 0.2) is 5.43 Å². The summed E-state index contributed by atoms with van der Waals surface area (Å²) in [5, 5.41) is 0.0981. The van der Waals surface area contributed by atoms with E-state index in [9.17, 15) is 14.0 Å². The van der Waals surface area contributed by atoms with Gasteiger partial charge in [0, 0.05) is 5.69 Å². The molecule has 1 aromatic heterocycles. The predicted molar refractivity (Wildman–Crippen MR) is 140 cm³/mol. The van der Waals surface area contributed by atoms with Gasteiger partial charge in [-0.3, -0.25) is 14.5 Å². The molecule has 37 heavy (non-hydrogen) atoms. The predicted octanol–water partition coefficient (Wildman–Crippen LogP) is 6.65. The summed E-state index contributed by atoms with van der Waals surface area (Å²) in [4.78, 5) is 28.9. The van der Waals surface area contributed by atoms with Crippen molar-refractivity contribution in [3.05, 3.63) is 99.7 Å². The fourth-order valence-electron chi connectivity index (χ4n) is 4.68. The van der Waals surface area contributed by atoms with Gasteiger partial charge in [0.1, 0.15) is 22.9 Å². The molecule has 0 bridgehead atoms. The zero-order valence-electron chi connectivity index (χ0n) is 20.8. The van der Waals surface area contributed by atoms with Crippen molar-refractivity contribution in [3.8, 4) is 11.5 Å². The van der Waals surface area contributed by atoms with Crippen molar-refractivity contribution in [2.24, 2.45) is 0 Å². The summed E-state index contributed by atoms with van der Waals surface area (Å²) in [6.07, 6.45) is 3.18. The highest BCUT2D eigenvalue weighted by atomic mass is 19.1. The number of ether oxygens (including phenoxy) is 2. The van der Waals surface area contributed by atoms with Gasteiger partial charge in [0.05, 0.1) is 30.2 Å². The molecule has 1 aliphatic heterocycles. The third-order valence-electron chi connectivity index (χ3n) is 6.47. The summed E-state index contributed by atoms with van der Waals surface area (Å²) in [6.45, 7) is 5.17. The van der Waals surface area contributed by atoms with Crippen LogP contribution in [0.3, 0.4) is 0 Å². The van der Waals surface area contributed by atoms with Crippen LogP contribution in [0.1, 0.15) is 60.8 Å². The molecule has 0 radical (unpaired) electrons. The molecule has 1 amide bonds. The molecule has 0 fully saturated rings. The minimum Gasteiger partial charge on any atom is -0.494 e. The van der Waals surface area contributed by atoms with E-state index in [4.69, 9.17) is 13.9 Å². The highest BCUT2D eigenvalue weighted by Crippen LogP contribution is 2.42. The number of hydrogen-bond donors (Lipinski definition) is 0. The van der Waals surface area contributed by atoms with Crippen LogP contribution in [0, 0.1) is 5.82 Å². The number of benzene rings is 3. The standard InChI is InChI=1S/C30H28FNO5/c1-3-5-6-17-36-23-12-7-19(8-13-23)27-26-28(33)24-18-20(31)9-16-25(24)37-29(26)30(34)32(27)21-10-14-22(15-11-21)35-4-2/h7-16,18,27H,3-6,17H2,1-2H3. The molecular weight excluding hydrogens is 473 g/mol. The first kappa shape index (κ1) is 24.6. The average Bonchev–Trinajstić information content (AvgIpc) is 3.20. The first-order valence-electron chi connectivity index (χ1n) is 12.6. The molecule has 1 atom stereocenters. The first-order chi connectivity index (χ1) is 18.0. The number of hydrogen-bond acceptors (Lipinski definition) is 5. The van der Waals surface area contributed by atoms with Crippen LogP contribution in [0.4, 0.5) is 10.1 Å². The summed E-state index contributed by atoms with van der Waals surface area (Å²) in [5.41, 5.74) is 1.22. The van der Waals surface area contributed by atoms with E-state index in [1.54, 1.807) is 24.3 Å². The molecule has 0 spiro atoms. The Morgan fingerprint density at radius 2 is 1.59 bits per heavy atom. The molecule has 4 aromatic rings. The van der Waals surface area contributed by atoms with Crippen LogP contribution in [0.25, 0.3) is 11.0 Å². The summed E-state index contributed by atoms with van der Waals surface area (Å²) < 4.78 is 31.3. The van der Waals surface area contributed by atoms with E-state index in [0.29, 0.717) is 36.0 Å². The Bertz CT molecular complexity index is 1480. The number of rotatable bonds is 9. The van der Waals surface area contributed by atoms with Crippen LogP contribution >= 0.6 is 0 Å². The molecule has 5 rings (SSSR count). The highest BCUT2D eigenvalue weighted by Gasteiger charge is 2.43. The largest absolute Gasteiger partial charge is 0.494 e. The molecule has 6 nitrogen and oxygen atoms in total. The van der Waals surface area contributed by atoms with E-state index in [0.717, 1.165) is 25.3 Å². The van der Waals surface area contributed by atoms with Crippen molar-refractivity contribution in [3.63, 3.8) is 0 Å². The van der Waals surface area contributed by atoms with E-state index in [1.807, 2.05) is 31.2 Å². The van der Waals surface area contributed by atoms with E-state index in [2.05, 4.69) is 6.92 Å². The molecule has 0 N–H and O–H groups in total. The van der Waals surface area contributed by atoms with Crippen LogP contribution in [-0.2, 0) is 0 Å². The number of unbranched alkanes of at least 4 members (excludes halogenated alkanes) is 2. The SMILES string of the molecule is CCCCCOc1ccc(C2c3c(oc4ccc(F)cc4c3=O)C(=O)N2c2ccc(OCC)cc2)cc1. The normalized spacial score (nSPS) is 14.7. The topological polar surface area (TPSA) is 69.0 Å². The van der Waals surface area contributed by atoms with Gasteiger partial charge < -0.3 is 13.9 Å². The van der Waals surface area contributed by atoms with Crippen LogP contribution in [-0.4, -0.2) is 19.1 Å². The maximum Gasteiger partial charge on any atom is 0.295 e. The van der Waals surface area contributed by atoms with Gasteiger partial charge in [0.25, 0.3) is 5.91 Å². The lowest BCUT2D eigenvalue weighted by Crippen LogP contribution is -2.29. The van der Waals surface area contributed by atoms with Gasteiger partial charge in [-0.05, 0) is 73.5 Å². The summed E-state index contributed by atoms with van der Waals surface area (Å²) in [6, 6.07) is 17.4. The van der Waals surface area contributed by atoms with Crippen LogP contribution < -0.4 is 19.8 Å². The Morgan fingerprint density at radius 1 is 0.892 bits per heavy atom. The Hall–Kier alpha value is -4.13. The molecule has 7 heteroatoms. The molecular formula is C30H28FNO5. The van der Waals surface area contributed by atoms with Gasteiger partial charge in [-0.15, -0.1) is 0 Å². The van der Waals surface area contributed by atoms with Gasteiger partial charge in [-0.2, -0.15) is 0 Å². The number of anilines is 1. The van der Waals surface area contributed by atoms with Crippen molar-refractivity contribution < 1.29 is 23.1 Å². The highest BCUT2D eigenvalue weighted by molar-refractivity contribution is 6.10. The lowest BCUT2D eigenvalue weighted by Gasteiger charge is -2.25. The molecule has 190 valence electrons. The molecule has 0 aliphatic carbocycles. The second-order valence-corrected chi connectivity index (χ2v) is 8.94. The van der Waals surface area contributed by atoms with Crippen molar-refractivity contribution in [1.82, 2.24) is 0 Å². The van der Waals surface area contributed by atoms with E-state index in [1.165, 1.54) is 17.0 Å². The third kappa shape index (κ3) is 4.69. The molecule has 1 aliphatic rings. The minimum atomic E-state index is -0.751.